The Morgan fingerprint density at radius 1 is 1.42 bits per heavy atom. The standard InChI is InChI=1S/C6H7NO3S2/c7-4-1-5(11)3-6(2-4)12-10-9-8/h1-3,8,11H,7H2. The molecule has 0 aliphatic heterocycles. The van der Waals surface area contributed by atoms with Gasteiger partial charge in [0.1, 0.15) is 0 Å². The molecule has 4 nitrogen and oxygen atoms in total. The lowest BCUT2D eigenvalue weighted by Gasteiger charge is -2.00. The summed E-state index contributed by atoms with van der Waals surface area (Å²) in [5.74, 6) is 0. The molecule has 0 aliphatic rings. The van der Waals surface area contributed by atoms with Gasteiger partial charge in [-0.2, -0.15) is 0 Å². The molecule has 0 atom stereocenters. The smallest absolute Gasteiger partial charge is 0.0715 e. The summed E-state index contributed by atoms with van der Waals surface area (Å²) in [4.78, 5) is 1.42. The van der Waals surface area contributed by atoms with Crippen LogP contribution < -0.4 is 5.73 Å². The van der Waals surface area contributed by atoms with Crippen LogP contribution in [0.25, 0.3) is 0 Å². The Hall–Kier alpha value is -0.400. The van der Waals surface area contributed by atoms with E-state index in [0.717, 1.165) is 16.9 Å². The number of thiol groups is 1. The van der Waals surface area contributed by atoms with Crippen molar-refractivity contribution in [2.24, 2.45) is 0 Å². The van der Waals surface area contributed by atoms with Crippen molar-refractivity contribution in [3.63, 3.8) is 0 Å². The van der Waals surface area contributed by atoms with Crippen LogP contribution in [0, 0.1) is 0 Å². The highest BCUT2D eigenvalue weighted by molar-refractivity contribution is 7.94. The Morgan fingerprint density at radius 2 is 2.17 bits per heavy atom. The zero-order chi connectivity index (χ0) is 8.97. The van der Waals surface area contributed by atoms with E-state index in [1.165, 1.54) is 0 Å². The van der Waals surface area contributed by atoms with Crippen LogP contribution in [0.5, 0.6) is 0 Å². The maximum absolute atomic E-state index is 7.87. The van der Waals surface area contributed by atoms with E-state index in [-0.39, 0.29) is 0 Å². The van der Waals surface area contributed by atoms with Crippen molar-refractivity contribution in [3.05, 3.63) is 18.2 Å². The van der Waals surface area contributed by atoms with E-state index in [4.69, 9.17) is 11.0 Å². The van der Waals surface area contributed by atoms with Gasteiger partial charge in [-0.3, -0.25) is 0 Å². The van der Waals surface area contributed by atoms with E-state index in [9.17, 15) is 0 Å². The summed E-state index contributed by atoms with van der Waals surface area (Å²) in [6.07, 6.45) is 0. The lowest BCUT2D eigenvalue weighted by atomic mass is 10.3. The molecule has 0 aromatic heterocycles. The second-order valence-corrected chi connectivity index (χ2v) is 3.28. The molecular weight excluding hydrogens is 198 g/mol. The second-order valence-electron chi connectivity index (χ2n) is 1.99. The van der Waals surface area contributed by atoms with Crippen molar-refractivity contribution in [1.82, 2.24) is 0 Å². The summed E-state index contributed by atoms with van der Waals surface area (Å²) in [5, 5.41) is 11.3. The van der Waals surface area contributed by atoms with Gasteiger partial charge in [0.25, 0.3) is 0 Å². The first-order valence-corrected chi connectivity index (χ1v) is 4.15. The molecule has 1 aromatic rings. The van der Waals surface area contributed by atoms with Gasteiger partial charge in [0.2, 0.25) is 0 Å². The fraction of sp³-hybridized carbons (Fsp3) is 0. The zero-order valence-electron chi connectivity index (χ0n) is 5.93. The molecule has 0 spiro atoms. The number of hydrogen-bond donors (Lipinski definition) is 3. The fourth-order valence-corrected chi connectivity index (χ4v) is 1.55. The molecule has 0 radical (unpaired) electrons. The summed E-state index contributed by atoms with van der Waals surface area (Å²) in [7, 11) is 0. The third kappa shape index (κ3) is 2.92. The largest absolute Gasteiger partial charge is 0.399 e. The molecule has 0 fully saturated rings. The minimum atomic E-state index is 0.575. The summed E-state index contributed by atoms with van der Waals surface area (Å²) >= 11 is 4.94. The van der Waals surface area contributed by atoms with Gasteiger partial charge in [0.15, 0.2) is 0 Å². The Morgan fingerprint density at radius 3 is 2.75 bits per heavy atom. The SMILES string of the molecule is Nc1cc(S)cc(SOOO)c1. The van der Waals surface area contributed by atoms with Crippen LogP contribution in [0.1, 0.15) is 0 Å². The normalized spacial score (nSPS) is 10.2. The highest BCUT2D eigenvalue weighted by Crippen LogP contribution is 2.24. The van der Waals surface area contributed by atoms with Crippen molar-refractivity contribution in [3.8, 4) is 0 Å². The maximum Gasteiger partial charge on any atom is 0.0715 e. The molecule has 66 valence electrons. The predicted molar refractivity (Wildman–Crippen MR) is 48.8 cm³/mol. The van der Waals surface area contributed by atoms with Crippen molar-refractivity contribution in [2.45, 2.75) is 9.79 Å². The predicted octanol–water partition coefficient (Wildman–Crippen LogP) is 1.99. The van der Waals surface area contributed by atoms with Gasteiger partial charge in [-0.15, -0.1) is 17.0 Å². The van der Waals surface area contributed by atoms with Crippen LogP contribution in [0.2, 0.25) is 0 Å². The average molecular weight is 205 g/mol. The van der Waals surface area contributed by atoms with Gasteiger partial charge >= 0.3 is 0 Å². The number of anilines is 1. The number of nitrogen functional groups attached to an aromatic ring is 1. The first-order chi connectivity index (χ1) is 5.72. The highest BCUT2D eigenvalue weighted by Gasteiger charge is 1.98. The van der Waals surface area contributed by atoms with E-state index >= 15 is 0 Å². The van der Waals surface area contributed by atoms with Crippen LogP contribution >= 0.6 is 24.7 Å². The minimum absolute atomic E-state index is 0.575. The third-order valence-corrected chi connectivity index (χ3v) is 1.89. The highest BCUT2D eigenvalue weighted by atomic mass is 32.2. The van der Waals surface area contributed by atoms with Crippen molar-refractivity contribution in [2.75, 3.05) is 5.73 Å². The molecule has 0 saturated carbocycles. The molecule has 0 amide bonds. The minimum Gasteiger partial charge on any atom is -0.399 e. The Balaban J connectivity index is 2.72. The first-order valence-electron chi connectivity index (χ1n) is 2.96. The van der Waals surface area contributed by atoms with Gasteiger partial charge in [-0.05, 0) is 18.2 Å². The number of nitrogens with two attached hydrogens (primary N) is 1. The Bertz CT molecular complexity index is 249. The molecule has 0 aliphatic carbocycles. The van der Waals surface area contributed by atoms with Gasteiger partial charge in [-0.25, -0.2) is 5.26 Å². The lowest BCUT2D eigenvalue weighted by Crippen LogP contribution is -1.86. The number of rotatable bonds is 3. The molecule has 1 aromatic carbocycles. The first kappa shape index (κ1) is 9.69. The van der Waals surface area contributed by atoms with Gasteiger partial charge in [-0.1, -0.05) is 5.04 Å². The molecular formula is C6H7NO3S2. The van der Waals surface area contributed by atoms with Crippen LogP contribution in [-0.4, -0.2) is 5.26 Å². The van der Waals surface area contributed by atoms with Gasteiger partial charge in [0, 0.05) is 15.5 Å². The van der Waals surface area contributed by atoms with Crippen LogP contribution in [0.15, 0.2) is 28.0 Å². The summed E-state index contributed by atoms with van der Waals surface area (Å²) in [5.41, 5.74) is 6.09. The van der Waals surface area contributed by atoms with Gasteiger partial charge in [0.05, 0.1) is 12.0 Å². The molecule has 3 N–H and O–H groups in total. The van der Waals surface area contributed by atoms with Crippen LogP contribution in [0.4, 0.5) is 5.69 Å². The fourth-order valence-electron chi connectivity index (χ4n) is 0.708. The average Bonchev–Trinajstić information content (AvgIpc) is 1.99. The van der Waals surface area contributed by atoms with Crippen molar-refractivity contribution >= 4 is 30.4 Å². The summed E-state index contributed by atoms with van der Waals surface area (Å²) < 4.78 is 4.21. The van der Waals surface area contributed by atoms with Crippen molar-refractivity contribution in [1.29, 1.82) is 0 Å². The second kappa shape index (κ2) is 4.58. The molecule has 12 heavy (non-hydrogen) atoms. The summed E-state index contributed by atoms with van der Waals surface area (Å²) in [6.45, 7) is 0. The quantitative estimate of drug-likeness (QED) is 0.231. The number of hydrogen-bond acceptors (Lipinski definition) is 6. The lowest BCUT2D eigenvalue weighted by molar-refractivity contribution is -0.432. The van der Waals surface area contributed by atoms with E-state index in [1.807, 2.05) is 0 Å². The Labute approximate surface area is 79.1 Å². The maximum atomic E-state index is 7.87. The molecule has 1 rings (SSSR count). The molecule has 0 heterocycles. The van der Waals surface area contributed by atoms with Crippen molar-refractivity contribution < 1.29 is 14.6 Å². The monoisotopic (exact) mass is 205 g/mol. The molecule has 0 unspecified atom stereocenters. The topological polar surface area (TPSA) is 64.7 Å². The number of benzene rings is 1. The van der Waals surface area contributed by atoms with Gasteiger partial charge < -0.3 is 5.73 Å². The van der Waals surface area contributed by atoms with Crippen LogP contribution in [0.3, 0.4) is 0 Å². The summed E-state index contributed by atoms with van der Waals surface area (Å²) in [6, 6.07) is 5.10. The van der Waals surface area contributed by atoms with Crippen LogP contribution in [-0.2, 0) is 9.37 Å². The zero-order valence-corrected chi connectivity index (χ0v) is 7.64. The van der Waals surface area contributed by atoms with E-state index in [2.05, 4.69) is 22.0 Å². The molecule has 0 bridgehead atoms. The molecule has 6 heteroatoms. The van der Waals surface area contributed by atoms with E-state index < -0.39 is 0 Å². The van der Waals surface area contributed by atoms with E-state index in [0.29, 0.717) is 10.6 Å². The third-order valence-electron chi connectivity index (χ3n) is 1.07. The van der Waals surface area contributed by atoms with E-state index in [1.54, 1.807) is 18.2 Å². The molecule has 0 saturated heterocycles. The Kier molecular flexibility index (Phi) is 3.70.